The van der Waals surface area contributed by atoms with Crippen molar-refractivity contribution in [3.63, 3.8) is 0 Å². The summed E-state index contributed by atoms with van der Waals surface area (Å²) in [4.78, 5) is 37.7. The van der Waals surface area contributed by atoms with Gasteiger partial charge in [-0.15, -0.1) is 0 Å². The molecule has 7 nitrogen and oxygen atoms in total. The first-order valence-electron chi connectivity index (χ1n) is 9.89. The van der Waals surface area contributed by atoms with Gasteiger partial charge in [0.1, 0.15) is 17.2 Å². The maximum atomic E-state index is 12.8. The molecule has 0 atom stereocenters. The van der Waals surface area contributed by atoms with E-state index in [1.807, 2.05) is 18.2 Å². The molecule has 2 amide bonds. The molecule has 148 valence electrons. The fourth-order valence-corrected chi connectivity index (χ4v) is 3.19. The Morgan fingerprint density at radius 3 is 2.50 bits per heavy atom. The number of aromatic nitrogens is 2. The molecule has 1 aliphatic heterocycles. The van der Waals surface area contributed by atoms with Crippen LogP contribution in [0, 0.1) is 0 Å². The molecule has 0 spiro atoms. The molecule has 0 aromatic carbocycles. The Balaban J connectivity index is 1.57. The van der Waals surface area contributed by atoms with E-state index in [1.54, 1.807) is 29.3 Å². The summed E-state index contributed by atoms with van der Waals surface area (Å²) in [6.45, 7) is 5.40. The normalized spacial score (nSPS) is 14.0. The summed E-state index contributed by atoms with van der Waals surface area (Å²) in [5.41, 5.74) is 0.599. The quantitative estimate of drug-likeness (QED) is 0.745. The fraction of sp³-hybridized carbons (Fsp3) is 0.429. The van der Waals surface area contributed by atoms with E-state index in [9.17, 15) is 9.59 Å². The molecule has 28 heavy (non-hydrogen) atoms. The van der Waals surface area contributed by atoms with Crippen molar-refractivity contribution in [3.05, 3.63) is 54.0 Å². The van der Waals surface area contributed by atoms with Gasteiger partial charge < -0.3 is 15.1 Å². The molecule has 0 bridgehead atoms. The number of amides is 2. The molecule has 0 aliphatic carbocycles. The van der Waals surface area contributed by atoms with Crippen molar-refractivity contribution >= 4 is 17.6 Å². The lowest BCUT2D eigenvalue weighted by Gasteiger charge is -2.35. The predicted molar refractivity (Wildman–Crippen MR) is 108 cm³/mol. The lowest BCUT2D eigenvalue weighted by molar-refractivity contribution is 0.0740. The molecule has 7 heteroatoms. The van der Waals surface area contributed by atoms with E-state index in [0.717, 1.165) is 38.2 Å². The molecule has 0 saturated carbocycles. The van der Waals surface area contributed by atoms with Gasteiger partial charge in [-0.3, -0.25) is 9.59 Å². The van der Waals surface area contributed by atoms with Gasteiger partial charge in [0, 0.05) is 38.9 Å². The molecule has 3 rings (SSSR count). The number of hydrogen-bond donors (Lipinski definition) is 1. The second-order valence-corrected chi connectivity index (χ2v) is 6.84. The Morgan fingerprint density at radius 2 is 1.79 bits per heavy atom. The SMILES string of the molecule is CCCCCNC(=O)c1cccc(C(=O)N2CCN(c3ccccn3)CC2)n1. The van der Waals surface area contributed by atoms with Crippen LogP contribution in [0.5, 0.6) is 0 Å². The van der Waals surface area contributed by atoms with Crippen molar-refractivity contribution in [1.82, 2.24) is 20.2 Å². The number of unbranched alkanes of at least 4 members (excludes halogenated alkanes) is 2. The first kappa shape index (κ1) is 19.8. The average molecular weight is 381 g/mol. The summed E-state index contributed by atoms with van der Waals surface area (Å²) >= 11 is 0. The number of nitrogens with one attached hydrogen (secondary N) is 1. The zero-order valence-corrected chi connectivity index (χ0v) is 16.3. The van der Waals surface area contributed by atoms with E-state index in [2.05, 4.69) is 27.1 Å². The van der Waals surface area contributed by atoms with E-state index < -0.39 is 0 Å². The maximum absolute atomic E-state index is 12.8. The van der Waals surface area contributed by atoms with Crippen LogP contribution in [-0.2, 0) is 0 Å². The fourth-order valence-electron chi connectivity index (χ4n) is 3.19. The topological polar surface area (TPSA) is 78.4 Å². The maximum Gasteiger partial charge on any atom is 0.272 e. The summed E-state index contributed by atoms with van der Waals surface area (Å²) in [5, 5.41) is 2.86. The lowest BCUT2D eigenvalue weighted by atomic mass is 10.2. The van der Waals surface area contributed by atoms with Crippen molar-refractivity contribution in [3.8, 4) is 0 Å². The number of piperazine rings is 1. The van der Waals surface area contributed by atoms with Gasteiger partial charge in [0.2, 0.25) is 0 Å². The minimum absolute atomic E-state index is 0.138. The van der Waals surface area contributed by atoms with E-state index in [0.29, 0.717) is 25.3 Å². The standard InChI is InChI=1S/C21H27N5O2/c1-2-3-5-12-23-20(27)17-8-7-9-18(24-17)21(28)26-15-13-25(14-16-26)19-10-4-6-11-22-19/h4,6-11H,2-3,5,12-16H2,1H3,(H,23,27). The number of pyridine rings is 2. The third-order valence-corrected chi connectivity index (χ3v) is 4.81. The molecule has 1 aliphatic rings. The van der Waals surface area contributed by atoms with Crippen LogP contribution >= 0.6 is 0 Å². The van der Waals surface area contributed by atoms with Crippen LogP contribution in [0.15, 0.2) is 42.6 Å². The zero-order chi connectivity index (χ0) is 19.8. The highest BCUT2D eigenvalue weighted by Crippen LogP contribution is 2.14. The molecule has 2 aromatic heterocycles. The Kier molecular flexibility index (Phi) is 6.94. The highest BCUT2D eigenvalue weighted by molar-refractivity contribution is 5.96. The van der Waals surface area contributed by atoms with Crippen LogP contribution in [0.2, 0.25) is 0 Å². The van der Waals surface area contributed by atoms with Gasteiger partial charge in [0.25, 0.3) is 11.8 Å². The first-order chi connectivity index (χ1) is 13.7. The van der Waals surface area contributed by atoms with Gasteiger partial charge in [-0.25, -0.2) is 9.97 Å². The number of carbonyl (C=O) groups is 2. The van der Waals surface area contributed by atoms with Gasteiger partial charge in [-0.2, -0.15) is 0 Å². The molecular weight excluding hydrogens is 354 g/mol. The minimum Gasteiger partial charge on any atom is -0.353 e. The average Bonchev–Trinajstić information content (AvgIpc) is 2.77. The number of nitrogens with zero attached hydrogens (tertiary/aromatic N) is 4. The second-order valence-electron chi connectivity index (χ2n) is 6.84. The second kappa shape index (κ2) is 9.82. The van der Waals surface area contributed by atoms with E-state index >= 15 is 0 Å². The minimum atomic E-state index is -0.231. The number of rotatable bonds is 7. The molecule has 0 radical (unpaired) electrons. The van der Waals surface area contributed by atoms with Gasteiger partial charge in [-0.1, -0.05) is 31.9 Å². The van der Waals surface area contributed by atoms with Crippen molar-refractivity contribution in [2.75, 3.05) is 37.6 Å². The Morgan fingerprint density at radius 1 is 1.00 bits per heavy atom. The van der Waals surface area contributed by atoms with E-state index in [-0.39, 0.29) is 17.5 Å². The van der Waals surface area contributed by atoms with Crippen LogP contribution in [0.3, 0.4) is 0 Å². The van der Waals surface area contributed by atoms with Crippen molar-refractivity contribution in [2.45, 2.75) is 26.2 Å². The molecule has 2 aromatic rings. The van der Waals surface area contributed by atoms with Gasteiger partial charge in [-0.05, 0) is 30.7 Å². The third kappa shape index (κ3) is 5.06. The monoisotopic (exact) mass is 381 g/mol. The van der Waals surface area contributed by atoms with Crippen molar-refractivity contribution in [1.29, 1.82) is 0 Å². The van der Waals surface area contributed by atoms with Crippen LogP contribution in [0.25, 0.3) is 0 Å². The predicted octanol–water partition coefficient (Wildman–Crippen LogP) is 2.36. The van der Waals surface area contributed by atoms with Gasteiger partial charge >= 0.3 is 0 Å². The highest BCUT2D eigenvalue weighted by atomic mass is 16.2. The summed E-state index contributed by atoms with van der Waals surface area (Å²) in [6, 6.07) is 10.9. The van der Waals surface area contributed by atoms with E-state index in [1.165, 1.54) is 0 Å². The smallest absolute Gasteiger partial charge is 0.272 e. The summed E-state index contributed by atoms with van der Waals surface area (Å²) in [6.07, 6.45) is 4.90. The van der Waals surface area contributed by atoms with Gasteiger partial charge in [0.15, 0.2) is 0 Å². The molecule has 3 heterocycles. The summed E-state index contributed by atoms with van der Waals surface area (Å²) in [7, 11) is 0. The Hall–Kier alpha value is -2.96. The Bertz CT molecular complexity index is 788. The van der Waals surface area contributed by atoms with Crippen LogP contribution < -0.4 is 10.2 Å². The largest absolute Gasteiger partial charge is 0.353 e. The molecular formula is C21H27N5O2. The van der Waals surface area contributed by atoms with Crippen molar-refractivity contribution < 1.29 is 9.59 Å². The number of hydrogen-bond acceptors (Lipinski definition) is 5. The zero-order valence-electron chi connectivity index (χ0n) is 16.3. The van der Waals surface area contributed by atoms with Gasteiger partial charge in [0.05, 0.1) is 0 Å². The van der Waals surface area contributed by atoms with Crippen molar-refractivity contribution in [2.24, 2.45) is 0 Å². The lowest BCUT2D eigenvalue weighted by Crippen LogP contribution is -2.49. The molecule has 0 unspecified atom stereocenters. The van der Waals surface area contributed by atoms with Crippen LogP contribution in [0.1, 0.15) is 47.2 Å². The number of carbonyl (C=O) groups excluding carboxylic acids is 2. The number of anilines is 1. The van der Waals surface area contributed by atoms with E-state index in [4.69, 9.17) is 0 Å². The third-order valence-electron chi connectivity index (χ3n) is 4.81. The van der Waals surface area contributed by atoms with Crippen LogP contribution in [0.4, 0.5) is 5.82 Å². The summed E-state index contributed by atoms with van der Waals surface area (Å²) in [5.74, 6) is 0.557. The molecule has 1 saturated heterocycles. The molecule has 1 N–H and O–H groups in total. The summed E-state index contributed by atoms with van der Waals surface area (Å²) < 4.78 is 0. The molecule has 1 fully saturated rings. The van der Waals surface area contributed by atoms with Crippen LogP contribution in [-0.4, -0.2) is 59.4 Å². The highest BCUT2D eigenvalue weighted by Gasteiger charge is 2.24. The Labute approximate surface area is 165 Å². The first-order valence-corrected chi connectivity index (χ1v) is 9.89.